The third-order valence-corrected chi connectivity index (χ3v) is 3.12. The third kappa shape index (κ3) is 2.77. The van der Waals surface area contributed by atoms with Gasteiger partial charge < -0.3 is 5.11 Å². The van der Waals surface area contributed by atoms with Crippen molar-refractivity contribution in [1.82, 2.24) is 0 Å². The van der Waals surface area contributed by atoms with Gasteiger partial charge in [0.05, 0.1) is 12.3 Å². The number of aliphatic carboxylic acids is 1. The molecule has 0 aromatic carbocycles. The molecule has 0 radical (unpaired) electrons. The summed E-state index contributed by atoms with van der Waals surface area (Å²) in [5.74, 6) is -1.78. The first-order chi connectivity index (χ1) is 7.05. The predicted octanol–water partition coefficient (Wildman–Crippen LogP) is 3.24. The molecule has 0 aromatic rings. The van der Waals surface area contributed by atoms with Gasteiger partial charge in [0.15, 0.2) is 0 Å². The summed E-state index contributed by atoms with van der Waals surface area (Å²) in [6.45, 7) is 4.91. The van der Waals surface area contributed by atoms with E-state index in [1.165, 1.54) is 13.0 Å². The minimum atomic E-state index is -4.22. The topological polar surface area (TPSA) is 37.3 Å². The molecular formula is C11H15F3O2. The van der Waals surface area contributed by atoms with Crippen molar-refractivity contribution in [3.8, 4) is 0 Å². The Morgan fingerprint density at radius 3 is 2.25 bits per heavy atom. The van der Waals surface area contributed by atoms with E-state index in [0.29, 0.717) is 0 Å². The SMILES string of the molecule is CC(=C[C@H]1[C@H](C(=O)O)C1(C)C)CC(F)(F)F. The highest BCUT2D eigenvalue weighted by Gasteiger charge is 2.60. The monoisotopic (exact) mass is 236 g/mol. The Labute approximate surface area is 92.1 Å². The summed E-state index contributed by atoms with van der Waals surface area (Å²) in [5, 5.41) is 8.85. The molecule has 2 atom stereocenters. The lowest BCUT2D eigenvalue weighted by atomic mass is 10.1. The molecule has 2 nitrogen and oxygen atoms in total. The van der Waals surface area contributed by atoms with Gasteiger partial charge >= 0.3 is 12.1 Å². The lowest BCUT2D eigenvalue weighted by molar-refractivity contribution is -0.139. The average Bonchev–Trinajstić information content (AvgIpc) is 2.47. The predicted molar refractivity (Wildman–Crippen MR) is 52.8 cm³/mol. The fourth-order valence-electron chi connectivity index (χ4n) is 2.14. The Hall–Kier alpha value is -1.00. The van der Waals surface area contributed by atoms with E-state index in [1.807, 2.05) is 0 Å². The van der Waals surface area contributed by atoms with Crippen LogP contribution < -0.4 is 0 Å². The van der Waals surface area contributed by atoms with Crippen LogP contribution in [0.2, 0.25) is 0 Å². The Morgan fingerprint density at radius 2 is 1.94 bits per heavy atom. The van der Waals surface area contributed by atoms with Crippen molar-refractivity contribution in [3.63, 3.8) is 0 Å². The van der Waals surface area contributed by atoms with E-state index in [0.717, 1.165) is 0 Å². The molecule has 92 valence electrons. The zero-order valence-electron chi connectivity index (χ0n) is 9.43. The molecule has 0 aromatic heterocycles. The summed E-state index contributed by atoms with van der Waals surface area (Å²) in [6.07, 6.45) is -3.74. The van der Waals surface area contributed by atoms with Crippen LogP contribution >= 0.6 is 0 Å². The van der Waals surface area contributed by atoms with Crippen LogP contribution in [0.5, 0.6) is 0 Å². The first-order valence-corrected chi connectivity index (χ1v) is 5.02. The highest BCUT2D eigenvalue weighted by molar-refractivity contribution is 5.76. The van der Waals surface area contributed by atoms with Crippen LogP contribution in [0, 0.1) is 17.3 Å². The van der Waals surface area contributed by atoms with Crippen LogP contribution in [0.1, 0.15) is 27.2 Å². The van der Waals surface area contributed by atoms with Crippen LogP contribution in [0.25, 0.3) is 0 Å². The molecule has 5 heteroatoms. The van der Waals surface area contributed by atoms with Crippen molar-refractivity contribution in [3.05, 3.63) is 11.6 Å². The van der Waals surface area contributed by atoms with E-state index in [2.05, 4.69) is 0 Å². The Morgan fingerprint density at radius 1 is 1.44 bits per heavy atom. The zero-order chi connectivity index (χ0) is 12.7. The van der Waals surface area contributed by atoms with Crippen molar-refractivity contribution in [2.45, 2.75) is 33.4 Å². The molecular weight excluding hydrogens is 221 g/mol. The highest BCUT2D eigenvalue weighted by Crippen LogP contribution is 2.59. The standard InChI is InChI=1S/C11H15F3O2/c1-6(5-11(12,13)14)4-7-8(9(15)16)10(7,2)3/h4,7-8H,5H2,1-3H3,(H,15,16)/t7-,8+/m0/s1. The number of carboxylic acids is 1. The maximum absolute atomic E-state index is 12.1. The fourth-order valence-corrected chi connectivity index (χ4v) is 2.14. The Kier molecular flexibility index (Phi) is 3.09. The van der Waals surface area contributed by atoms with E-state index in [-0.39, 0.29) is 11.5 Å². The molecule has 0 unspecified atom stereocenters. The normalized spacial score (nSPS) is 29.0. The van der Waals surface area contributed by atoms with Crippen molar-refractivity contribution in [2.24, 2.45) is 17.3 Å². The van der Waals surface area contributed by atoms with Gasteiger partial charge in [0.1, 0.15) is 0 Å². The summed E-state index contributed by atoms with van der Waals surface area (Å²) in [7, 11) is 0. The van der Waals surface area contributed by atoms with Crippen LogP contribution in [-0.4, -0.2) is 17.3 Å². The maximum atomic E-state index is 12.1. The van der Waals surface area contributed by atoms with E-state index in [1.54, 1.807) is 13.8 Å². The van der Waals surface area contributed by atoms with Crippen molar-refractivity contribution in [1.29, 1.82) is 0 Å². The molecule has 1 aliphatic rings. The van der Waals surface area contributed by atoms with Gasteiger partial charge in [-0.05, 0) is 18.3 Å². The molecule has 0 saturated heterocycles. The largest absolute Gasteiger partial charge is 0.481 e. The van der Waals surface area contributed by atoms with Gasteiger partial charge in [0.2, 0.25) is 0 Å². The van der Waals surface area contributed by atoms with E-state index in [9.17, 15) is 18.0 Å². The van der Waals surface area contributed by atoms with Crippen LogP contribution in [0.4, 0.5) is 13.2 Å². The summed E-state index contributed by atoms with van der Waals surface area (Å²) >= 11 is 0. The number of alkyl halides is 3. The van der Waals surface area contributed by atoms with Gasteiger partial charge in [-0.3, -0.25) is 4.79 Å². The van der Waals surface area contributed by atoms with Crippen LogP contribution in [-0.2, 0) is 4.79 Å². The number of allylic oxidation sites excluding steroid dienone is 2. The third-order valence-electron chi connectivity index (χ3n) is 3.12. The van der Waals surface area contributed by atoms with Crippen molar-refractivity contribution in [2.75, 3.05) is 0 Å². The smallest absolute Gasteiger partial charge is 0.392 e. The Bertz CT molecular complexity index is 329. The molecule has 0 aliphatic heterocycles. The minimum absolute atomic E-state index is 0.189. The molecule has 0 amide bonds. The number of halogens is 3. The summed E-state index contributed by atoms with van der Waals surface area (Å²) in [4.78, 5) is 10.8. The molecule has 1 rings (SSSR count). The highest BCUT2D eigenvalue weighted by atomic mass is 19.4. The Balaban J connectivity index is 2.69. The number of hydrogen-bond donors (Lipinski definition) is 1. The lowest BCUT2D eigenvalue weighted by Crippen LogP contribution is -2.07. The molecule has 1 N–H and O–H groups in total. The first kappa shape index (κ1) is 13.1. The summed E-state index contributed by atoms with van der Waals surface area (Å²) < 4.78 is 36.2. The first-order valence-electron chi connectivity index (χ1n) is 5.02. The van der Waals surface area contributed by atoms with Crippen molar-refractivity contribution >= 4 is 5.97 Å². The molecule has 1 saturated carbocycles. The van der Waals surface area contributed by atoms with Gasteiger partial charge in [-0.15, -0.1) is 0 Å². The quantitative estimate of drug-likeness (QED) is 0.764. The summed E-state index contributed by atoms with van der Waals surface area (Å²) in [6, 6.07) is 0. The second-order valence-corrected chi connectivity index (χ2v) is 4.97. The minimum Gasteiger partial charge on any atom is -0.481 e. The second kappa shape index (κ2) is 3.79. The van der Waals surface area contributed by atoms with Crippen molar-refractivity contribution < 1.29 is 23.1 Å². The van der Waals surface area contributed by atoms with E-state index in [4.69, 9.17) is 5.11 Å². The van der Waals surface area contributed by atoms with Crippen LogP contribution in [0.3, 0.4) is 0 Å². The molecule has 1 fully saturated rings. The maximum Gasteiger partial charge on any atom is 0.392 e. The van der Waals surface area contributed by atoms with E-state index < -0.39 is 29.9 Å². The van der Waals surface area contributed by atoms with Gasteiger partial charge in [0, 0.05) is 0 Å². The average molecular weight is 236 g/mol. The number of hydrogen-bond acceptors (Lipinski definition) is 1. The van der Waals surface area contributed by atoms with Gasteiger partial charge in [0.25, 0.3) is 0 Å². The molecule has 0 heterocycles. The number of carbonyl (C=O) groups is 1. The number of rotatable bonds is 3. The molecule has 1 aliphatic carbocycles. The van der Waals surface area contributed by atoms with E-state index >= 15 is 0 Å². The zero-order valence-corrected chi connectivity index (χ0v) is 9.43. The second-order valence-electron chi connectivity index (χ2n) is 4.97. The lowest BCUT2D eigenvalue weighted by Gasteiger charge is -2.06. The number of carboxylic acid groups (broad SMARTS) is 1. The van der Waals surface area contributed by atoms with Gasteiger partial charge in [-0.25, -0.2) is 0 Å². The molecule has 0 spiro atoms. The van der Waals surface area contributed by atoms with Gasteiger partial charge in [-0.1, -0.05) is 25.5 Å². The summed E-state index contributed by atoms with van der Waals surface area (Å²) in [5.41, 5.74) is -0.243. The molecule has 16 heavy (non-hydrogen) atoms. The van der Waals surface area contributed by atoms with Crippen LogP contribution in [0.15, 0.2) is 11.6 Å². The van der Waals surface area contributed by atoms with Gasteiger partial charge in [-0.2, -0.15) is 13.2 Å². The fraction of sp³-hybridized carbons (Fsp3) is 0.727. The molecule has 0 bridgehead atoms.